The molecule has 1 atom stereocenters. The van der Waals surface area contributed by atoms with Crippen molar-refractivity contribution in [2.24, 2.45) is 0 Å². The first kappa shape index (κ1) is 8.38. The Kier molecular flexibility index (Phi) is 2.36. The number of hydrogen-bond acceptors (Lipinski definition) is 3. The zero-order chi connectivity index (χ0) is 9.10. The molecular formula is C10H14N2O. The molecule has 1 unspecified atom stereocenters. The Morgan fingerprint density at radius 3 is 3.08 bits per heavy atom. The summed E-state index contributed by atoms with van der Waals surface area (Å²) in [6, 6.07) is 8.25. The van der Waals surface area contributed by atoms with Gasteiger partial charge in [-0.2, -0.15) is 0 Å². The lowest BCUT2D eigenvalue weighted by Crippen LogP contribution is -2.18. The van der Waals surface area contributed by atoms with Crippen LogP contribution in [0.4, 0.5) is 11.4 Å². The first-order valence-corrected chi connectivity index (χ1v) is 4.54. The fourth-order valence-corrected chi connectivity index (χ4v) is 1.51. The average molecular weight is 178 g/mol. The Bertz CT molecular complexity index is 282. The summed E-state index contributed by atoms with van der Waals surface area (Å²) in [6.07, 6.45) is 1.08. The first-order valence-electron chi connectivity index (χ1n) is 4.54. The summed E-state index contributed by atoms with van der Waals surface area (Å²) in [5.41, 5.74) is 7.54. The lowest BCUT2D eigenvalue weighted by atomic mass is 10.2. The highest BCUT2D eigenvalue weighted by atomic mass is 16.5. The fraction of sp³-hybridized carbons (Fsp3) is 0.400. The van der Waals surface area contributed by atoms with Crippen LogP contribution in [0.3, 0.4) is 0 Å². The van der Waals surface area contributed by atoms with E-state index in [9.17, 15) is 0 Å². The Morgan fingerprint density at radius 1 is 1.46 bits per heavy atom. The third kappa shape index (κ3) is 2.12. The number of rotatable bonds is 2. The summed E-state index contributed by atoms with van der Waals surface area (Å²) in [7, 11) is 0. The van der Waals surface area contributed by atoms with Gasteiger partial charge in [-0.15, -0.1) is 0 Å². The summed E-state index contributed by atoms with van der Waals surface area (Å²) in [6.45, 7) is 1.66. The van der Waals surface area contributed by atoms with Gasteiger partial charge in [0.1, 0.15) is 0 Å². The minimum absolute atomic E-state index is 0.446. The molecule has 3 heteroatoms. The predicted octanol–water partition coefficient (Wildman–Crippen LogP) is 1.47. The summed E-state index contributed by atoms with van der Waals surface area (Å²) in [5.74, 6) is 0. The SMILES string of the molecule is Nc1cccc(NC2CCOC2)c1. The van der Waals surface area contributed by atoms with Gasteiger partial charge in [0, 0.05) is 18.0 Å². The van der Waals surface area contributed by atoms with Crippen LogP contribution in [0.2, 0.25) is 0 Å². The zero-order valence-electron chi connectivity index (χ0n) is 7.49. The highest BCUT2D eigenvalue weighted by molar-refractivity contribution is 5.54. The van der Waals surface area contributed by atoms with Crippen molar-refractivity contribution in [2.45, 2.75) is 12.5 Å². The molecule has 3 N–H and O–H groups in total. The van der Waals surface area contributed by atoms with Crippen molar-refractivity contribution in [3.05, 3.63) is 24.3 Å². The van der Waals surface area contributed by atoms with Crippen molar-refractivity contribution in [1.29, 1.82) is 0 Å². The van der Waals surface area contributed by atoms with Crippen LogP contribution in [0.1, 0.15) is 6.42 Å². The quantitative estimate of drug-likeness (QED) is 0.674. The average Bonchev–Trinajstić information content (AvgIpc) is 2.57. The van der Waals surface area contributed by atoms with Gasteiger partial charge < -0.3 is 15.8 Å². The molecule has 1 saturated heterocycles. The van der Waals surface area contributed by atoms with E-state index in [4.69, 9.17) is 10.5 Å². The summed E-state index contributed by atoms with van der Waals surface area (Å²) in [5, 5.41) is 3.38. The van der Waals surface area contributed by atoms with Gasteiger partial charge in [0.05, 0.1) is 12.6 Å². The van der Waals surface area contributed by atoms with E-state index in [1.807, 2.05) is 24.3 Å². The number of nitrogen functional groups attached to an aromatic ring is 1. The van der Waals surface area contributed by atoms with Gasteiger partial charge >= 0.3 is 0 Å². The van der Waals surface area contributed by atoms with Gasteiger partial charge in [-0.05, 0) is 24.6 Å². The van der Waals surface area contributed by atoms with Crippen molar-refractivity contribution in [1.82, 2.24) is 0 Å². The second-order valence-electron chi connectivity index (χ2n) is 3.33. The van der Waals surface area contributed by atoms with E-state index in [1.165, 1.54) is 0 Å². The molecule has 1 aliphatic heterocycles. The summed E-state index contributed by atoms with van der Waals surface area (Å²) in [4.78, 5) is 0. The molecule has 1 heterocycles. The van der Waals surface area contributed by atoms with Gasteiger partial charge in [0.15, 0.2) is 0 Å². The molecule has 3 nitrogen and oxygen atoms in total. The summed E-state index contributed by atoms with van der Waals surface area (Å²) >= 11 is 0. The van der Waals surface area contributed by atoms with Gasteiger partial charge in [-0.25, -0.2) is 0 Å². The van der Waals surface area contributed by atoms with E-state index in [1.54, 1.807) is 0 Å². The van der Waals surface area contributed by atoms with Gasteiger partial charge in [0.2, 0.25) is 0 Å². The Hall–Kier alpha value is -1.22. The molecule has 0 saturated carbocycles. The number of anilines is 2. The van der Waals surface area contributed by atoms with Crippen LogP contribution in [-0.4, -0.2) is 19.3 Å². The highest BCUT2D eigenvalue weighted by Gasteiger charge is 2.14. The largest absolute Gasteiger partial charge is 0.399 e. The number of nitrogens with two attached hydrogens (primary N) is 1. The van der Waals surface area contributed by atoms with E-state index in [-0.39, 0.29) is 0 Å². The number of hydrogen-bond donors (Lipinski definition) is 2. The van der Waals surface area contributed by atoms with Gasteiger partial charge in [-0.3, -0.25) is 0 Å². The van der Waals surface area contributed by atoms with E-state index in [2.05, 4.69) is 5.32 Å². The van der Waals surface area contributed by atoms with E-state index >= 15 is 0 Å². The molecular weight excluding hydrogens is 164 g/mol. The molecule has 0 bridgehead atoms. The van der Waals surface area contributed by atoms with E-state index in [0.717, 1.165) is 31.0 Å². The minimum atomic E-state index is 0.446. The van der Waals surface area contributed by atoms with Crippen molar-refractivity contribution in [2.75, 3.05) is 24.3 Å². The number of ether oxygens (including phenoxy) is 1. The maximum atomic E-state index is 5.66. The monoisotopic (exact) mass is 178 g/mol. The standard InChI is InChI=1S/C10H14N2O/c11-8-2-1-3-9(6-8)12-10-4-5-13-7-10/h1-3,6,10,12H,4-5,7,11H2. The topological polar surface area (TPSA) is 47.3 Å². The van der Waals surface area contributed by atoms with E-state index in [0.29, 0.717) is 6.04 Å². The molecule has 2 rings (SSSR count). The normalized spacial score (nSPS) is 21.7. The molecule has 0 aromatic heterocycles. The third-order valence-corrected chi connectivity index (χ3v) is 2.19. The lowest BCUT2D eigenvalue weighted by Gasteiger charge is -2.12. The predicted molar refractivity (Wildman–Crippen MR) is 53.7 cm³/mol. The zero-order valence-corrected chi connectivity index (χ0v) is 7.49. The smallest absolute Gasteiger partial charge is 0.0668 e. The lowest BCUT2D eigenvalue weighted by molar-refractivity contribution is 0.195. The molecule has 1 fully saturated rings. The van der Waals surface area contributed by atoms with Crippen molar-refractivity contribution in [3.63, 3.8) is 0 Å². The van der Waals surface area contributed by atoms with Crippen LogP contribution in [0.15, 0.2) is 24.3 Å². The molecule has 1 aromatic rings. The van der Waals surface area contributed by atoms with Crippen LogP contribution in [0.25, 0.3) is 0 Å². The fourth-order valence-electron chi connectivity index (χ4n) is 1.51. The van der Waals surface area contributed by atoms with Crippen LogP contribution in [-0.2, 0) is 4.74 Å². The van der Waals surface area contributed by atoms with Crippen LogP contribution >= 0.6 is 0 Å². The second-order valence-corrected chi connectivity index (χ2v) is 3.33. The van der Waals surface area contributed by atoms with Crippen molar-refractivity contribution >= 4 is 11.4 Å². The maximum Gasteiger partial charge on any atom is 0.0668 e. The van der Waals surface area contributed by atoms with Crippen LogP contribution < -0.4 is 11.1 Å². The van der Waals surface area contributed by atoms with Crippen molar-refractivity contribution in [3.8, 4) is 0 Å². The minimum Gasteiger partial charge on any atom is -0.399 e. The van der Waals surface area contributed by atoms with Crippen molar-refractivity contribution < 1.29 is 4.74 Å². The maximum absolute atomic E-state index is 5.66. The molecule has 0 spiro atoms. The van der Waals surface area contributed by atoms with Crippen LogP contribution in [0.5, 0.6) is 0 Å². The molecule has 13 heavy (non-hydrogen) atoms. The first-order chi connectivity index (χ1) is 6.34. The Morgan fingerprint density at radius 2 is 2.38 bits per heavy atom. The molecule has 0 aliphatic carbocycles. The highest BCUT2D eigenvalue weighted by Crippen LogP contribution is 2.16. The number of nitrogens with one attached hydrogen (secondary N) is 1. The Balaban J connectivity index is 2.00. The molecule has 0 amide bonds. The van der Waals surface area contributed by atoms with Gasteiger partial charge in [0.25, 0.3) is 0 Å². The summed E-state index contributed by atoms with van der Waals surface area (Å²) < 4.78 is 5.27. The number of benzene rings is 1. The molecule has 70 valence electrons. The van der Waals surface area contributed by atoms with Gasteiger partial charge in [-0.1, -0.05) is 6.07 Å². The molecule has 1 aliphatic rings. The molecule has 1 aromatic carbocycles. The van der Waals surface area contributed by atoms with E-state index < -0.39 is 0 Å². The second kappa shape index (κ2) is 3.66. The van der Waals surface area contributed by atoms with Crippen LogP contribution in [0, 0.1) is 0 Å². The molecule has 0 radical (unpaired) electrons. The Labute approximate surface area is 77.9 Å². The third-order valence-electron chi connectivity index (χ3n) is 2.19.